The van der Waals surface area contributed by atoms with Crippen LogP contribution in [0.15, 0.2) is 48.5 Å². The summed E-state index contributed by atoms with van der Waals surface area (Å²) in [6, 6.07) is 14.8. The number of rotatable bonds is 5. The van der Waals surface area contributed by atoms with Gasteiger partial charge in [0.2, 0.25) is 5.91 Å². The van der Waals surface area contributed by atoms with Crippen molar-refractivity contribution in [2.45, 2.75) is 31.7 Å². The fraction of sp³-hybridized carbons (Fsp3) is 0.350. The molecule has 0 saturated carbocycles. The van der Waals surface area contributed by atoms with E-state index >= 15 is 0 Å². The highest BCUT2D eigenvalue weighted by molar-refractivity contribution is 6.08. The molecule has 1 heterocycles. The summed E-state index contributed by atoms with van der Waals surface area (Å²) in [6.07, 6.45) is 0.762. The molecule has 4 heteroatoms. The number of anilines is 1. The Labute approximate surface area is 142 Å². The van der Waals surface area contributed by atoms with Crippen molar-refractivity contribution >= 4 is 11.6 Å². The molecular weight excluding hydrogens is 303 g/mol. The molecule has 1 amide bonds. The average Bonchev–Trinajstić information content (AvgIpc) is 2.78. The van der Waals surface area contributed by atoms with E-state index in [4.69, 9.17) is 0 Å². The van der Waals surface area contributed by atoms with Gasteiger partial charge in [0.15, 0.2) is 0 Å². The SMILES string of the molecule is CNCCC(c1ccccc1)N1C(=O)C(C)(C)c2c(F)cccc21. The molecule has 2 aromatic carbocycles. The minimum absolute atomic E-state index is 0.0486. The van der Waals surface area contributed by atoms with Crippen molar-refractivity contribution in [3.05, 3.63) is 65.5 Å². The first-order valence-electron chi connectivity index (χ1n) is 8.30. The number of hydrogen-bond donors (Lipinski definition) is 1. The third-order valence-corrected chi connectivity index (χ3v) is 4.79. The van der Waals surface area contributed by atoms with Gasteiger partial charge in [0.25, 0.3) is 0 Å². The van der Waals surface area contributed by atoms with Crippen molar-refractivity contribution in [1.29, 1.82) is 0 Å². The third kappa shape index (κ3) is 2.61. The van der Waals surface area contributed by atoms with E-state index in [1.807, 2.05) is 43.4 Å². The normalized spacial score (nSPS) is 17.0. The lowest BCUT2D eigenvalue weighted by molar-refractivity contribution is -0.122. The van der Waals surface area contributed by atoms with Crippen molar-refractivity contribution in [2.24, 2.45) is 0 Å². The molecule has 1 aliphatic rings. The van der Waals surface area contributed by atoms with Crippen molar-refractivity contribution in [2.75, 3.05) is 18.5 Å². The quantitative estimate of drug-likeness (QED) is 0.906. The van der Waals surface area contributed by atoms with Gasteiger partial charge in [0.1, 0.15) is 5.82 Å². The smallest absolute Gasteiger partial charge is 0.237 e. The predicted molar refractivity (Wildman–Crippen MR) is 94.6 cm³/mol. The van der Waals surface area contributed by atoms with Crippen LogP contribution in [-0.4, -0.2) is 19.5 Å². The molecule has 1 aliphatic heterocycles. The van der Waals surface area contributed by atoms with Crippen LogP contribution >= 0.6 is 0 Å². The van der Waals surface area contributed by atoms with Crippen molar-refractivity contribution in [1.82, 2.24) is 5.32 Å². The summed E-state index contributed by atoms with van der Waals surface area (Å²) >= 11 is 0. The highest BCUT2D eigenvalue weighted by Crippen LogP contribution is 2.47. The lowest BCUT2D eigenvalue weighted by Gasteiger charge is -2.30. The summed E-state index contributed by atoms with van der Waals surface area (Å²) in [5.41, 5.74) is 1.40. The number of benzene rings is 2. The number of hydrogen-bond acceptors (Lipinski definition) is 2. The second-order valence-electron chi connectivity index (χ2n) is 6.75. The van der Waals surface area contributed by atoms with Gasteiger partial charge < -0.3 is 10.2 Å². The lowest BCUT2D eigenvalue weighted by atomic mass is 9.86. The first-order chi connectivity index (χ1) is 11.5. The maximum absolute atomic E-state index is 14.5. The Morgan fingerprint density at radius 1 is 1.12 bits per heavy atom. The van der Waals surface area contributed by atoms with Gasteiger partial charge in [-0.2, -0.15) is 0 Å². The molecule has 0 bridgehead atoms. The van der Waals surface area contributed by atoms with Gasteiger partial charge in [-0.15, -0.1) is 0 Å². The van der Waals surface area contributed by atoms with E-state index in [1.165, 1.54) is 6.07 Å². The van der Waals surface area contributed by atoms with Gasteiger partial charge >= 0.3 is 0 Å². The Hall–Kier alpha value is -2.20. The Morgan fingerprint density at radius 2 is 1.83 bits per heavy atom. The minimum Gasteiger partial charge on any atom is -0.320 e. The van der Waals surface area contributed by atoms with Gasteiger partial charge in [-0.05, 0) is 51.6 Å². The summed E-state index contributed by atoms with van der Waals surface area (Å²) in [5.74, 6) is -0.360. The summed E-state index contributed by atoms with van der Waals surface area (Å²) in [6.45, 7) is 4.38. The molecule has 0 spiro atoms. The van der Waals surface area contributed by atoms with Gasteiger partial charge in [0.05, 0.1) is 17.1 Å². The van der Waals surface area contributed by atoms with Crippen LogP contribution in [0, 0.1) is 5.82 Å². The average molecular weight is 326 g/mol. The van der Waals surface area contributed by atoms with E-state index in [9.17, 15) is 9.18 Å². The van der Waals surface area contributed by atoms with Gasteiger partial charge in [-0.1, -0.05) is 36.4 Å². The van der Waals surface area contributed by atoms with Crippen LogP contribution in [0.2, 0.25) is 0 Å². The highest BCUT2D eigenvalue weighted by Gasteiger charge is 2.48. The molecule has 1 atom stereocenters. The number of carbonyl (C=O) groups excluding carboxylic acids is 1. The Kier molecular flexibility index (Phi) is 4.41. The first-order valence-corrected chi connectivity index (χ1v) is 8.30. The molecule has 1 unspecified atom stereocenters. The number of nitrogens with one attached hydrogen (secondary N) is 1. The number of amides is 1. The number of halogens is 1. The van der Waals surface area contributed by atoms with Gasteiger partial charge in [-0.3, -0.25) is 4.79 Å². The molecule has 2 aromatic rings. The number of nitrogens with zero attached hydrogens (tertiary/aromatic N) is 1. The monoisotopic (exact) mass is 326 g/mol. The Morgan fingerprint density at radius 3 is 2.50 bits per heavy atom. The highest BCUT2D eigenvalue weighted by atomic mass is 19.1. The zero-order valence-corrected chi connectivity index (χ0v) is 14.3. The number of fused-ring (bicyclic) bond motifs is 1. The maximum Gasteiger partial charge on any atom is 0.237 e. The molecule has 0 saturated heterocycles. The molecule has 0 aromatic heterocycles. The minimum atomic E-state index is -0.854. The topological polar surface area (TPSA) is 32.3 Å². The molecule has 0 aliphatic carbocycles. The van der Waals surface area contributed by atoms with Crippen molar-refractivity contribution in [3.8, 4) is 0 Å². The summed E-state index contributed by atoms with van der Waals surface area (Å²) in [5, 5.41) is 3.15. The molecule has 3 rings (SSSR count). The van der Waals surface area contributed by atoms with Gasteiger partial charge in [-0.25, -0.2) is 4.39 Å². The van der Waals surface area contributed by atoms with Crippen molar-refractivity contribution in [3.63, 3.8) is 0 Å². The molecule has 126 valence electrons. The molecule has 3 nitrogen and oxygen atoms in total. The van der Waals surface area contributed by atoms with Crippen LogP contribution in [0.1, 0.15) is 37.4 Å². The Balaban J connectivity index is 2.12. The van der Waals surface area contributed by atoms with E-state index in [2.05, 4.69) is 5.32 Å². The molecule has 1 N–H and O–H groups in total. The summed E-state index contributed by atoms with van der Waals surface area (Å²) in [7, 11) is 1.89. The van der Waals surface area contributed by atoms with Crippen LogP contribution in [0.25, 0.3) is 0 Å². The van der Waals surface area contributed by atoms with E-state index in [0.717, 1.165) is 18.5 Å². The first kappa shape index (κ1) is 16.7. The van der Waals surface area contributed by atoms with E-state index < -0.39 is 5.41 Å². The van der Waals surface area contributed by atoms with E-state index in [1.54, 1.807) is 24.8 Å². The standard InChI is InChI=1S/C20H23FN2O/c1-20(2)18-15(21)10-7-11-17(18)23(19(20)24)16(12-13-22-3)14-8-5-4-6-9-14/h4-11,16,22H,12-13H2,1-3H3. The molecular formula is C20H23FN2O. The van der Waals surface area contributed by atoms with Crippen molar-refractivity contribution < 1.29 is 9.18 Å². The fourth-order valence-corrected chi connectivity index (χ4v) is 3.56. The lowest BCUT2D eigenvalue weighted by Crippen LogP contribution is -2.39. The fourth-order valence-electron chi connectivity index (χ4n) is 3.56. The van der Waals surface area contributed by atoms with E-state index in [0.29, 0.717) is 11.3 Å². The van der Waals surface area contributed by atoms with Gasteiger partial charge in [0, 0.05) is 5.56 Å². The van der Waals surface area contributed by atoms with Crippen LogP contribution in [-0.2, 0) is 10.2 Å². The molecule has 0 radical (unpaired) electrons. The summed E-state index contributed by atoms with van der Waals surface area (Å²) < 4.78 is 14.5. The third-order valence-electron chi connectivity index (χ3n) is 4.79. The summed E-state index contributed by atoms with van der Waals surface area (Å²) in [4.78, 5) is 14.9. The largest absolute Gasteiger partial charge is 0.320 e. The Bertz CT molecular complexity index is 743. The second-order valence-corrected chi connectivity index (χ2v) is 6.75. The van der Waals surface area contributed by atoms with Crippen LogP contribution < -0.4 is 10.2 Å². The van der Waals surface area contributed by atoms with E-state index in [-0.39, 0.29) is 17.8 Å². The van der Waals surface area contributed by atoms with Crippen LogP contribution in [0.4, 0.5) is 10.1 Å². The van der Waals surface area contributed by atoms with Crippen LogP contribution in [0.5, 0.6) is 0 Å². The molecule has 24 heavy (non-hydrogen) atoms. The van der Waals surface area contributed by atoms with Crippen LogP contribution in [0.3, 0.4) is 0 Å². The zero-order chi connectivity index (χ0) is 17.3. The second kappa shape index (κ2) is 6.36. The maximum atomic E-state index is 14.5. The molecule has 0 fully saturated rings. The zero-order valence-electron chi connectivity index (χ0n) is 14.3. The predicted octanol–water partition coefficient (Wildman–Crippen LogP) is 3.80. The number of carbonyl (C=O) groups is 1.